The van der Waals surface area contributed by atoms with Gasteiger partial charge in [0.15, 0.2) is 0 Å². The van der Waals surface area contributed by atoms with Crippen molar-refractivity contribution >= 4 is 16.0 Å². The van der Waals surface area contributed by atoms with E-state index in [2.05, 4.69) is 4.72 Å². The molecule has 2 atom stereocenters. The van der Waals surface area contributed by atoms with Gasteiger partial charge in [0.25, 0.3) is 0 Å². The fraction of sp³-hybridized carbons (Fsp3) is 0.235. The van der Waals surface area contributed by atoms with Gasteiger partial charge in [-0.2, -0.15) is 4.72 Å². The second-order valence-corrected chi connectivity index (χ2v) is 7.24. The van der Waals surface area contributed by atoms with Crippen LogP contribution in [0.4, 0.5) is 0 Å². The van der Waals surface area contributed by atoms with E-state index in [0.717, 1.165) is 5.56 Å². The Morgan fingerprint density at radius 3 is 2.29 bits per heavy atom. The van der Waals surface area contributed by atoms with Crippen molar-refractivity contribution in [2.75, 3.05) is 0 Å². The fourth-order valence-corrected chi connectivity index (χ4v) is 3.84. The van der Waals surface area contributed by atoms with Crippen molar-refractivity contribution in [3.63, 3.8) is 0 Å². The van der Waals surface area contributed by atoms with Crippen molar-refractivity contribution in [1.29, 1.82) is 0 Å². The summed E-state index contributed by atoms with van der Waals surface area (Å²) >= 11 is 0. The number of carbonyl (C=O) groups is 1. The van der Waals surface area contributed by atoms with Crippen LogP contribution in [-0.4, -0.2) is 30.6 Å². The quantitative estimate of drug-likeness (QED) is 0.737. The maximum atomic E-state index is 12.6. The van der Waals surface area contributed by atoms with E-state index in [0.29, 0.717) is 11.1 Å². The second kappa shape index (κ2) is 7.12. The molecule has 0 spiro atoms. The summed E-state index contributed by atoms with van der Waals surface area (Å²) in [4.78, 5) is 11.5. The number of aliphatic hydroxyl groups is 1. The highest BCUT2D eigenvalue weighted by Crippen LogP contribution is 2.21. The van der Waals surface area contributed by atoms with Crippen LogP contribution >= 0.6 is 0 Å². The molecule has 2 aromatic rings. The minimum Gasteiger partial charge on any atom is -0.480 e. The lowest BCUT2D eigenvalue weighted by atomic mass is 10.0. The molecule has 7 heteroatoms. The topological polar surface area (TPSA) is 104 Å². The van der Waals surface area contributed by atoms with E-state index < -0.39 is 28.1 Å². The van der Waals surface area contributed by atoms with Crippen molar-refractivity contribution < 1.29 is 23.4 Å². The largest absolute Gasteiger partial charge is 0.480 e. The van der Waals surface area contributed by atoms with E-state index >= 15 is 0 Å². The first-order chi connectivity index (χ1) is 11.2. The molecule has 0 saturated heterocycles. The van der Waals surface area contributed by atoms with E-state index in [9.17, 15) is 23.4 Å². The minimum absolute atomic E-state index is 0.00554. The Bertz CT molecular complexity index is 833. The Hall–Kier alpha value is -2.22. The van der Waals surface area contributed by atoms with Gasteiger partial charge in [0.2, 0.25) is 10.0 Å². The van der Waals surface area contributed by atoms with Crippen LogP contribution < -0.4 is 4.72 Å². The standard InChI is InChI=1S/C17H19NO5S/c1-11-8-9-12(2)14(10-11)24(22,23)18-15(17(20)21)16(19)13-6-4-3-5-7-13/h3-10,15-16,18-19H,1-2H3,(H,20,21). The molecule has 24 heavy (non-hydrogen) atoms. The molecular formula is C17H19NO5S. The number of carboxylic acid groups (broad SMARTS) is 1. The molecule has 0 bridgehead atoms. The van der Waals surface area contributed by atoms with Gasteiger partial charge in [-0.05, 0) is 36.6 Å². The summed E-state index contributed by atoms with van der Waals surface area (Å²) in [7, 11) is -4.10. The van der Waals surface area contributed by atoms with Gasteiger partial charge in [-0.15, -0.1) is 0 Å². The minimum atomic E-state index is -4.10. The summed E-state index contributed by atoms with van der Waals surface area (Å²) in [6.45, 7) is 3.36. The Labute approximate surface area is 140 Å². The molecule has 0 radical (unpaired) electrons. The van der Waals surface area contributed by atoms with Crippen molar-refractivity contribution in [1.82, 2.24) is 4.72 Å². The maximum absolute atomic E-state index is 12.6. The van der Waals surface area contributed by atoms with Gasteiger partial charge in [0.1, 0.15) is 12.1 Å². The summed E-state index contributed by atoms with van der Waals surface area (Å²) in [6.07, 6.45) is -1.51. The summed E-state index contributed by atoms with van der Waals surface area (Å²) in [5, 5.41) is 19.6. The Morgan fingerprint density at radius 2 is 1.71 bits per heavy atom. The van der Waals surface area contributed by atoms with Crippen LogP contribution in [0.1, 0.15) is 22.8 Å². The molecule has 128 valence electrons. The highest BCUT2D eigenvalue weighted by Gasteiger charge is 2.33. The Balaban J connectivity index is 2.37. The average Bonchev–Trinajstić information content (AvgIpc) is 2.54. The number of benzene rings is 2. The second-order valence-electron chi connectivity index (χ2n) is 5.56. The van der Waals surface area contributed by atoms with Gasteiger partial charge in [-0.1, -0.05) is 42.5 Å². The average molecular weight is 349 g/mol. The number of hydrogen-bond acceptors (Lipinski definition) is 4. The van der Waals surface area contributed by atoms with Crippen molar-refractivity contribution in [2.45, 2.75) is 30.9 Å². The van der Waals surface area contributed by atoms with E-state index in [1.54, 1.807) is 44.2 Å². The van der Waals surface area contributed by atoms with E-state index in [1.165, 1.54) is 18.2 Å². The van der Waals surface area contributed by atoms with E-state index in [1.807, 2.05) is 0 Å². The molecule has 0 saturated carbocycles. The predicted octanol–water partition coefficient (Wildman–Crippen LogP) is 1.77. The third kappa shape index (κ3) is 4.00. The Kier molecular flexibility index (Phi) is 5.38. The van der Waals surface area contributed by atoms with Crippen LogP contribution in [0.15, 0.2) is 53.4 Å². The lowest BCUT2D eigenvalue weighted by Gasteiger charge is -2.21. The van der Waals surface area contributed by atoms with Gasteiger partial charge in [-0.25, -0.2) is 8.42 Å². The van der Waals surface area contributed by atoms with Crippen LogP contribution in [0, 0.1) is 13.8 Å². The zero-order valence-electron chi connectivity index (χ0n) is 13.3. The molecule has 2 aromatic carbocycles. The number of rotatable bonds is 6. The van der Waals surface area contributed by atoms with Crippen LogP contribution in [0.2, 0.25) is 0 Å². The number of sulfonamides is 1. The first kappa shape index (κ1) is 18.1. The molecule has 0 aliphatic carbocycles. The molecule has 0 aliphatic rings. The molecule has 0 amide bonds. The maximum Gasteiger partial charge on any atom is 0.324 e. The van der Waals surface area contributed by atoms with Crippen molar-refractivity contribution in [2.24, 2.45) is 0 Å². The third-order valence-electron chi connectivity index (χ3n) is 3.64. The normalized spacial score (nSPS) is 14.1. The lowest BCUT2D eigenvalue weighted by Crippen LogP contribution is -2.45. The highest BCUT2D eigenvalue weighted by atomic mass is 32.2. The van der Waals surface area contributed by atoms with Crippen molar-refractivity contribution in [3.05, 3.63) is 65.2 Å². The van der Waals surface area contributed by atoms with Crippen LogP contribution in [0.3, 0.4) is 0 Å². The number of aryl methyl sites for hydroxylation is 2. The molecule has 0 heterocycles. The number of carboxylic acids is 1. The molecule has 0 aliphatic heterocycles. The summed E-state index contributed by atoms with van der Waals surface area (Å²) in [5.41, 5.74) is 1.54. The smallest absolute Gasteiger partial charge is 0.324 e. The number of aliphatic hydroxyl groups excluding tert-OH is 1. The molecule has 6 nitrogen and oxygen atoms in total. The summed E-state index contributed by atoms with van der Waals surface area (Å²) in [5.74, 6) is -1.46. The zero-order valence-corrected chi connectivity index (χ0v) is 14.1. The third-order valence-corrected chi connectivity index (χ3v) is 5.22. The number of nitrogens with one attached hydrogen (secondary N) is 1. The first-order valence-corrected chi connectivity index (χ1v) is 8.76. The lowest BCUT2D eigenvalue weighted by molar-refractivity contribution is -0.141. The van der Waals surface area contributed by atoms with E-state index in [4.69, 9.17) is 0 Å². The summed E-state index contributed by atoms with van der Waals surface area (Å²) < 4.78 is 27.2. The first-order valence-electron chi connectivity index (χ1n) is 7.28. The fourth-order valence-electron chi connectivity index (χ4n) is 2.32. The van der Waals surface area contributed by atoms with Crippen LogP contribution in [0.5, 0.6) is 0 Å². The van der Waals surface area contributed by atoms with Crippen LogP contribution in [-0.2, 0) is 14.8 Å². The van der Waals surface area contributed by atoms with Gasteiger partial charge in [0, 0.05) is 0 Å². The van der Waals surface area contributed by atoms with E-state index in [-0.39, 0.29) is 4.90 Å². The van der Waals surface area contributed by atoms with Gasteiger partial charge in [0.05, 0.1) is 4.90 Å². The Morgan fingerprint density at radius 1 is 1.08 bits per heavy atom. The number of aliphatic carboxylic acids is 1. The van der Waals surface area contributed by atoms with Crippen LogP contribution in [0.25, 0.3) is 0 Å². The molecule has 3 N–H and O–H groups in total. The predicted molar refractivity (Wildman–Crippen MR) is 89.1 cm³/mol. The zero-order chi connectivity index (χ0) is 17.9. The molecule has 0 fully saturated rings. The van der Waals surface area contributed by atoms with Crippen molar-refractivity contribution in [3.8, 4) is 0 Å². The molecular weight excluding hydrogens is 330 g/mol. The highest BCUT2D eigenvalue weighted by molar-refractivity contribution is 7.89. The monoisotopic (exact) mass is 349 g/mol. The van der Waals surface area contributed by atoms with Gasteiger partial charge < -0.3 is 10.2 Å². The SMILES string of the molecule is Cc1ccc(C)c(S(=O)(=O)NC(C(=O)O)C(O)c2ccccc2)c1. The number of hydrogen-bond donors (Lipinski definition) is 3. The summed E-state index contributed by atoms with van der Waals surface area (Å²) in [6, 6.07) is 11.2. The van der Waals surface area contributed by atoms with Gasteiger partial charge in [-0.3, -0.25) is 4.79 Å². The molecule has 2 rings (SSSR count). The molecule has 0 aromatic heterocycles. The molecule has 2 unspecified atom stereocenters. The van der Waals surface area contributed by atoms with Gasteiger partial charge >= 0.3 is 5.97 Å².